The van der Waals surface area contributed by atoms with Crippen molar-refractivity contribution in [2.45, 2.75) is 32.1 Å². The third-order valence-corrected chi connectivity index (χ3v) is 5.67. The van der Waals surface area contributed by atoms with Gasteiger partial charge in [0.15, 0.2) is 11.6 Å². The molecule has 4 heteroatoms. The van der Waals surface area contributed by atoms with Gasteiger partial charge in [-0.15, -0.1) is 0 Å². The second-order valence-corrected chi connectivity index (χ2v) is 7.29. The fourth-order valence-electron chi connectivity index (χ4n) is 4.06. The van der Waals surface area contributed by atoms with Crippen molar-refractivity contribution in [1.29, 1.82) is 0 Å². The summed E-state index contributed by atoms with van der Waals surface area (Å²) in [6.45, 7) is 1.87. The smallest absolute Gasteiger partial charge is 0.150 e. The predicted octanol–water partition coefficient (Wildman–Crippen LogP) is 4.36. The van der Waals surface area contributed by atoms with E-state index < -0.39 is 5.92 Å². The lowest BCUT2D eigenvalue weighted by molar-refractivity contribution is -0.135. The molecule has 0 N–H and O–H groups in total. The summed E-state index contributed by atoms with van der Waals surface area (Å²) < 4.78 is 0. The van der Waals surface area contributed by atoms with Crippen LogP contribution in [0.1, 0.15) is 36.4 Å². The van der Waals surface area contributed by atoms with Crippen LogP contribution in [0.5, 0.6) is 0 Å². The molecule has 2 aromatic rings. The number of fused-ring (bicyclic) bond motifs is 2. The van der Waals surface area contributed by atoms with Crippen LogP contribution < -0.4 is 0 Å². The van der Waals surface area contributed by atoms with E-state index in [4.69, 9.17) is 11.6 Å². The summed E-state index contributed by atoms with van der Waals surface area (Å²) in [5, 5.41) is 0.674. The van der Waals surface area contributed by atoms with Crippen LogP contribution in [0.3, 0.4) is 0 Å². The number of halogens is 1. The quantitative estimate of drug-likeness (QED) is 0.764. The standard InChI is InChI=1S/C20H18ClNO2/c1-11-17(18-19(23)13-2-3-14(8-13)20(18)24)9-15(10-22-11)12-4-6-16(21)7-5-12/h4-7,9-10,13-14,18H,2-3,8H2,1H3/t13-,14+,18?. The van der Waals surface area contributed by atoms with Crippen LogP contribution in [0.4, 0.5) is 0 Å². The summed E-state index contributed by atoms with van der Waals surface area (Å²) >= 11 is 5.95. The molecule has 2 aliphatic carbocycles. The Labute approximate surface area is 146 Å². The predicted molar refractivity (Wildman–Crippen MR) is 93.0 cm³/mol. The zero-order valence-electron chi connectivity index (χ0n) is 13.5. The number of hydrogen-bond acceptors (Lipinski definition) is 3. The van der Waals surface area contributed by atoms with Crippen molar-refractivity contribution in [2.24, 2.45) is 11.8 Å². The molecule has 4 rings (SSSR count). The van der Waals surface area contributed by atoms with Gasteiger partial charge in [-0.3, -0.25) is 14.6 Å². The minimum Gasteiger partial charge on any atom is -0.298 e. The molecular formula is C20H18ClNO2. The average Bonchev–Trinajstić information content (AvgIpc) is 3.03. The Morgan fingerprint density at radius 2 is 1.62 bits per heavy atom. The van der Waals surface area contributed by atoms with Gasteiger partial charge in [-0.1, -0.05) is 23.7 Å². The Hall–Kier alpha value is -2.00. The molecule has 2 saturated carbocycles. The summed E-state index contributed by atoms with van der Waals surface area (Å²) in [4.78, 5) is 30.0. The Morgan fingerprint density at radius 1 is 1.00 bits per heavy atom. The molecule has 0 saturated heterocycles. The summed E-state index contributed by atoms with van der Waals surface area (Å²) in [5.41, 5.74) is 3.42. The minimum absolute atomic E-state index is 0.0521. The molecule has 0 radical (unpaired) electrons. The first-order chi connectivity index (χ1) is 11.5. The van der Waals surface area contributed by atoms with E-state index in [2.05, 4.69) is 4.98 Å². The van der Waals surface area contributed by atoms with E-state index in [-0.39, 0.29) is 23.4 Å². The highest BCUT2D eigenvalue weighted by molar-refractivity contribution is 6.30. The monoisotopic (exact) mass is 339 g/mol. The molecule has 0 aliphatic heterocycles. The van der Waals surface area contributed by atoms with Crippen molar-refractivity contribution in [3.05, 3.63) is 52.8 Å². The van der Waals surface area contributed by atoms with Crippen molar-refractivity contribution in [3.8, 4) is 11.1 Å². The first-order valence-corrected chi connectivity index (χ1v) is 8.72. The van der Waals surface area contributed by atoms with Gasteiger partial charge < -0.3 is 0 Å². The number of hydrogen-bond donors (Lipinski definition) is 0. The topological polar surface area (TPSA) is 47.0 Å². The van der Waals surface area contributed by atoms with Crippen molar-refractivity contribution < 1.29 is 9.59 Å². The molecule has 2 fully saturated rings. The van der Waals surface area contributed by atoms with Gasteiger partial charge in [0.05, 0.1) is 0 Å². The molecule has 0 spiro atoms. The number of Topliss-reactive ketones (excluding diaryl/α,β-unsaturated/α-hetero) is 2. The molecule has 2 bridgehead atoms. The lowest BCUT2D eigenvalue weighted by Crippen LogP contribution is -2.35. The Balaban J connectivity index is 1.78. The van der Waals surface area contributed by atoms with E-state index in [1.165, 1.54) is 0 Å². The number of aromatic nitrogens is 1. The van der Waals surface area contributed by atoms with Crippen molar-refractivity contribution in [3.63, 3.8) is 0 Å². The molecule has 2 aliphatic rings. The summed E-state index contributed by atoms with van der Waals surface area (Å²) in [7, 11) is 0. The van der Waals surface area contributed by atoms with Gasteiger partial charge in [0, 0.05) is 34.3 Å². The first kappa shape index (κ1) is 15.5. The van der Waals surface area contributed by atoms with E-state index in [1.54, 1.807) is 6.20 Å². The van der Waals surface area contributed by atoms with Gasteiger partial charge >= 0.3 is 0 Å². The molecule has 24 heavy (non-hydrogen) atoms. The maximum Gasteiger partial charge on any atom is 0.150 e. The van der Waals surface area contributed by atoms with Crippen LogP contribution in [0, 0.1) is 18.8 Å². The molecule has 0 amide bonds. The van der Waals surface area contributed by atoms with Crippen molar-refractivity contribution >= 4 is 23.2 Å². The molecule has 3 nitrogen and oxygen atoms in total. The fourth-order valence-corrected chi connectivity index (χ4v) is 4.19. The molecule has 1 unspecified atom stereocenters. The lowest BCUT2D eigenvalue weighted by Gasteiger charge is -2.26. The Morgan fingerprint density at radius 3 is 2.25 bits per heavy atom. The largest absolute Gasteiger partial charge is 0.298 e. The van der Waals surface area contributed by atoms with Crippen LogP contribution in [-0.4, -0.2) is 16.6 Å². The van der Waals surface area contributed by atoms with Gasteiger partial charge in [-0.2, -0.15) is 0 Å². The number of pyridine rings is 1. The fraction of sp³-hybridized carbons (Fsp3) is 0.350. The maximum atomic E-state index is 12.8. The second kappa shape index (κ2) is 5.82. The van der Waals surface area contributed by atoms with Crippen molar-refractivity contribution in [1.82, 2.24) is 4.98 Å². The van der Waals surface area contributed by atoms with Gasteiger partial charge in [0.25, 0.3) is 0 Å². The third-order valence-electron chi connectivity index (χ3n) is 5.42. The Bertz CT molecular complexity index is 806. The van der Waals surface area contributed by atoms with Crippen molar-refractivity contribution in [2.75, 3.05) is 0 Å². The lowest BCUT2D eigenvalue weighted by atomic mass is 9.74. The number of ketones is 2. The van der Waals surface area contributed by atoms with Gasteiger partial charge in [0.2, 0.25) is 0 Å². The molecule has 3 atom stereocenters. The highest BCUT2D eigenvalue weighted by atomic mass is 35.5. The van der Waals surface area contributed by atoms with Crippen LogP contribution in [0.15, 0.2) is 36.5 Å². The number of carbonyl (C=O) groups excluding carboxylic acids is 2. The van der Waals surface area contributed by atoms with E-state index in [0.717, 1.165) is 41.6 Å². The third kappa shape index (κ3) is 2.48. The molecule has 1 aromatic carbocycles. The van der Waals surface area contributed by atoms with E-state index in [1.807, 2.05) is 37.3 Å². The van der Waals surface area contributed by atoms with E-state index in [0.29, 0.717) is 5.02 Å². The summed E-state index contributed by atoms with van der Waals surface area (Å²) in [6.07, 6.45) is 4.25. The number of nitrogens with zero attached hydrogens (tertiary/aromatic N) is 1. The highest BCUT2D eigenvalue weighted by Crippen LogP contribution is 2.44. The molecular weight excluding hydrogens is 322 g/mol. The molecule has 1 heterocycles. The van der Waals surface area contributed by atoms with Crippen LogP contribution in [0.2, 0.25) is 5.02 Å². The van der Waals surface area contributed by atoms with Crippen LogP contribution in [0.25, 0.3) is 11.1 Å². The van der Waals surface area contributed by atoms with Gasteiger partial charge in [-0.25, -0.2) is 0 Å². The number of rotatable bonds is 2. The average molecular weight is 340 g/mol. The molecule has 122 valence electrons. The highest BCUT2D eigenvalue weighted by Gasteiger charge is 2.47. The number of carbonyl (C=O) groups is 2. The minimum atomic E-state index is -0.629. The summed E-state index contributed by atoms with van der Waals surface area (Å²) in [6, 6.07) is 9.46. The second-order valence-electron chi connectivity index (χ2n) is 6.85. The Kier molecular flexibility index (Phi) is 3.76. The van der Waals surface area contributed by atoms with E-state index in [9.17, 15) is 9.59 Å². The maximum absolute atomic E-state index is 12.8. The normalized spacial score (nSPS) is 26.0. The van der Waals surface area contributed by atoms with Gasteiger partial charge in [-0.05, 0) is 55.5 Å². The molecule has 1 aromatic heterocycles. The first-order valence-electron chi connectivity index (χ1n) is 8.34. The SMILES string of the molecule is Cc1ncc(-c2ccc(Cl)cc2)cc1C1C(=O)[C@@H]2CC[C@@H](C2)C1=O. The zero-order chi connectivity index (χ0) is 16.8. The van der Waals surface area contributed by atoms with Crippen LogP contribution >= 0.6 is 11.6 Å². The number of benzene rings is 1. The zero-order valence-corrected chi connectivity index (χ0v) is 14.2. The summed E-state index contributed by atoms with van der Waals surface area (Å²) in [5.74, 6) is -0.345. The number of aryl methyl sites for hydroxylation is 1. The van der Waals surface area contributed by atoms with Crippen LogP contribution in [-0.2, 0) is 9.59 Å². The van der Waals surface area contributed by atoms with Gasteiger partial charge in [0.1, 0.15) is 5.92 Å². The van der Waals surface area contributed by atoms with E-state index >= 15 is 0 Å².